The van der Waals surface area contributed by atoms with Crippen LogP contribution >= 0.6 is 0 Å². The molecule has 1 heterocycles. The molecule has 2 aromatic rings. The van der Waals surface area contributed by atoms with Crippen LogP contribution < -0.4 is 0 Å². The number of nitrogens with zero attached hydrogens (tertiary/aromatic N) is 1. The van der Waals surface area contributed by atoms with Gasteiger partial charge in [0.15, 0.2) is 0 Å². The number of para-hydroxylation sites is 1. The fourth-order valence-electron chi connectivity index (χ4n) is 2.67. The third-order valence-corrected chi connectivity index (χ3v) is 3.59. The summed E-state index contributed by atoms with van der Waals surface area (Å²) in [5.41, 5.74) is 2.15. The van der Waals surface area contributed by atoms with E-state index in [0.29, 0.717) is 18.7 Å². The van der Waals surface area contributed by atoms with Crippen LogP contribution in [0.15, 0.2) is 24.3 Å². The lowest BCUT2D eigenvalue weighted by Gasteiger charge is -2.20. The molecule has 0 radical (unpaired) electrons. The van der Waals surface area contributed by atoms with E-state index in [1.165, 1.54) is 0 Å². The molecule has 1 aromatic carbocycles. The first kappa shape index (κ1) is 15.3. The predicted molar refractivity (Wildman–Crippen MR) is 84.5 cm³/mol. The summed E-state index contributed by atoms with van der Waals surface area (Å²) >= 11 is 0. The number of aryl methyl sites for hydroxylation is 1. The molecule has 112 valence electrons. The lowest BCUT2D eigenvalue weighted by Crippen LogP contribution is -2.37. The number of nitrogens with one attached hydrogen (secondary N) is 1. The van der Waals surface area contributed by atoms with Crippen molar-refractivity contribution in [2.75, 3.05) is 13.1 Å². The van der Waals surface area contributed by atoms with E-state index in [9.17, 15) is 9.59 Å². The Morgan fingerprint density at radius 2 is 1.71 bits per heavy atom. The molecule has 0 aliphatic carbocycles. The van der Waals surface area contributed by atoms with Crippen molar-refractivity contribution in [2.45, 2.75) is 33.6 Å². The van der Waals surface area contributed by atoms with Gasteiger partial charge in [0.1, 0.15) is 0 Å². The summed E-state index contributed by atoms with van der Waals surface area (Å²) in [4.78, 5) is 29.9. The highest BCUT2D eigenvalue weighted by atomic mass is 16.2. The molecule has 0 fully saturated rings. The zero-order valence-electron chi connectivity index (χ0n) is 12.9. The highest BCUT2D eigenvalue weighted by molar-refractivity contribution is 6.45. The number of fused-ring (bicyclic) bond motifs is 1. The van der Waals surface area contributed by atoms with E-state index in [0.717, 1.165) is 29.4 Å². The smallest absolute Gasteiger partial charge is 0.295 e. The Bertz CT molecular complexity index is 652. The van der Waals surface area contributed by atoms with Crippen LogP contribution in [0, 0.1) is 6.92 Å². The summed E-state index contributed by atoms with van der Waals surface area (Å²) in [6.07, 6.45) is 1.71. The number of ketones is 1. The molecule has 0 bridgehead atoms. The van der Waals surface area contributed by atoms with E-state index >= 15 is 0 Å². The van der Waals surface area contributed by atoms with Gasteiger partial charge in [0.25, 0.3) is 11.7 Å². The van der Waals surface area contributed by atoms with Crippen LogP contribution in [0.4, 0.5) is 0 Å². The number of hydrogen-bond donors (Lipinski definition) is 1. The fraction of sp³-hybridized carbons (Fsp3) is 0.412. The molecule has 1 N–H and O–H groups in total. The van der Waals surface area contributed by atoms with E-state index in [4.69, 9.17) is 0 Å². The van der Waals surface area contributed by atoms with E-state index in [2.05, 4.69) is 4.98 Å². The summed E-state index contributed by atoms with van der Waals surface area (Å²) in [7, 11) is 0. The maximum atomic E-state index is 12.6. The van der Waals surface area contributed by atoms with Crippen molar-refractivity contribution in [3.63, 3.8) is 0 Å². The van der Waals surface area contributed by atoms with Crippen LogP contribution in [0.1, 0.15) is 42.7 Å². The number of rotatable bonds is 6. The number of carbonyl (C=O) groups excluding carboxylic acids is 2. The molecule has 2 rings (SSSR count). The molecule has 0 unspecified atom stereocenters. The van der Waals surface area contributed by atoms with Crippen molar-refractivity contribution in [1.29, 1.82) is 0 Å². The van der Waals surface area contributed by atoms with Crippen LogP contribution in [0.2, 0.25) is 0 Å². The van der Waals surface area contributed by atoms with E-state index < -0.39 is 11.7 Å². The summed E-state index contributed by atoms with van der Waals surface area (Å²) in [6.45, 7) is 7.11. The number of benzene rings is 1. The van der Waals surface area contributed by atoms with Crippen LogP contribution in [0.25, 0.3) is 10.9 Å². The molecular weight excluding hydrogens is 264 g/mol. The van der Waals surface area contributed by atoms with Gasteiger partial charge < -0.3 is 9.88 Å². The molecule has 1 amide bonds. The monoisotopic (exact) mass is 286 g/mol. The van der Waals surface area contributed by atoms with Gasteiger partial charge in [0, 0.05) is 29.7 Å². The van der Waals surface area contributed by atoms with Crippen LogP contribution in [-0.2, 0) is 4.79 Å². The van der Waals surface area contributed by atoms with Crippen molar-refractivity contribution >= 4 is 22.6 Å². The van der Waals surface area contributed by atoms with Crippen molar-refractivity contribution in [3.8, 4) is 0 Å². The SMILES string of the molecule is CCCN(CCC)C(=O)C(=O)c1c(C)[nH]c2ccccc12. The number of aromatic amines is 1. The number of carbonyl (C=O) groups is 2. The molecule has 0 aliphatic heterocycles. The first-order valence-corrected chi connectivity index (χ1v) is 7.51. The third-order valence-electron chi connectivity index (χ3n) is 3.59. The quantitative estimate of drug-likeness (QED) is 0.654. The van der Waals surface area contributed by atoms with Gasteiger partial charge in [-0.25, -0.2) is 0 Å². The minimum Gasteiger partial charge on any atom is -0.358 e. The van der Waals surface area contributed by atoms with Gasteiger partial charge in [-0.1, -0.05) is 32.0 Å². The van der Waals surface area contributed by atoms with Gasteiger partial charge >= 0.3 is 0 Å². The lowest BCUT2D eigenvalue weighted by atomic mass is 10.1. The molecule has 0 spiro atoms. The minimum absolute atomic E-state index is 0.397. The highest BCUT2D eigenvalue weighted by Crippen LogP contribution is 2.23. The molecule has 0 saturated carbocycles. The Balaban J connectivity index is 2.37. The van der Waals surface area contributed by atoms with E-state index in [1.807, 2.05) is 45.0 Å². The molecule has 4 nitrogen and oxygen atoms in total. The number of hydrogen-bond acceptors (Lipinski definition) is 2. The third kappa shape index (κ3) is 2.99. The van der Waals surface area contributed by atoms with Gasteiger partial charge in [-0.15, -0.1) is 0 Å². The fourth-order valence-corrected chi connectivity index (χ4v) is 2.67. The first-order chi connectivity index (χ1) is 10.1. The van der Waals surface area contributed by atoms with Crippen molar-refractivity contribution in [3.05, 3.63) is 35.5 Å². The molecule has 0 aliphatic rings. The van der Waals surface area contributed by atoms with Crippen molar-refractivity contribution < 1.29 is 9.59 Å². The van der Waals surface area contributed by atoms with Gasteiger partial charge in [-0.2, -0.15) is 0 Å². The predicted octanol–water partition coefficient (Wildman–Crippen LogP) is 3.31. The Kier molecular flexibility index (Phi) is 4.78. The van der Waals surface area contributed by atoms with Crippen LogP contribution in [0.3, 0.4) is 0 Å². The maximum Gasteiger partial charge on any atom is 0.295 e. The number of H-pyrrole nitrogens is 1. The number of aromatic nitrogens is 1. The van der Waals surface area contributed by atoms with Gasteiger partial charge in [-0.05, 0) is 25.8 Å². The summed E-state index contributed by atoms with van der Waals surface area (Å²) in [5, 5.41) is 0.821. The second-order valence-corrected chi connectivity index (χ2v) is 5.29. The van der Waals surface area contributed by atoms with Crippen molar-refractivity contribution in [1.82, 2.24) is 9.88 Å². The molecular formula is C17H22N2O2. The average molecular weight is 286 g/mol. The minimum atomic E-state index is -0.410. The molecule has 1 aromatic heterocycles. The summed E-state index contributed by atoms with van der Waals surface area (Å²) < 4.78 is 0. The van der Waals surface area contributed by atoms with E-state index in [1.54, 1.807) is 4.90 Å². The Hall–Kier alpha value is -2.10. The second kappa shape index (κ2) is 6.57. The maximum absolute atomic E-state index is 12.6. The van der Waals surface area contributed by atoms with E-state index in [-0.39, 0.29) is 0 Å². The zero-order valence-corrected chi connectivity index (χ0v) is 12.9. The second-order valence-electron chi connectivity index (χ2n) is 5.29. The Morgan fingerprint density at radius 3 is 2.33 bits per heavy atom. The number of amides is 1. The molecule has 21 heavy (non-hydrogen) atoms. The van der Waals surface area contributed by atoms with Gasteiger partial charge in [0.05, 0.1) is 5.56 Å². The Morgan fingerprint density at radius 1 is 1.10 bits per heavy atom. The topological polar surface area (TPSA) is 53.2 Å². The van der Waals surface area contributed by atoms with Crippen LogP contribution in [-0.4, -0.2) is 34.7 Å². The largest absolute Gasteiger partial charge is 0.358 e. The first-order valence-electron chi connectivity index (χ1n) is 7.51. The number of Topliss-reactive ketones (excluding diaryl/α,β-unsaturated/α-hetero) is 1. The average Bonchev–Trinajstić information content (AvgIpc) is 2.81. The summed E-state index contributed by atoms with van der Waals surface area (Å²) in [6, 6.07) is 7.59. The standard InChI is InChI=1S/C17H22N2O2/c1-4-10-19(11-5-2)17(21)16(20)15-12(3)18-14-9-7-6-8-13(14)15/h6-9,18H,4-5,10-11H2,1-3H3. The van der Waals surface area contributed by atoms with Gasteiger partial charge in [-0.3, -0.25) is 9.59 Å². The summed E-state index contributed by atoms with van der Waals surface area (Å²) in [5.74, 6) is -0.807. The molecule has 0 atom stereocenters. The van der Waals surface area contributed by atoms with Gasteiger partial charge in [0.2, 0.25) is 0 Å². The van der Waals surface area contributed by atoms with Crippen molar-refractivity contribution in [2.24, 2.45) is 0 Å². The normalized spacial score (nSPS) is 10.8. The highest BCUT2D eigenvalue weighted by Gasteiger charge is 2.26. The van der Waals surface area contributed by atoms with Crippen LogP contribution in [0.5, 0.6) is 0 Å². The zero-order chi connectivity index (χ0) is 15.4. The molecule has 0 saturated heterocycles. The molecule has 4 heteroatoms. The Labute approximate surface area is 125 Å². The lowest BCUT2D eigenvalue weighted by molar-refractivity contribution is -0.126.